The molecular weight excluding hydrogens is 317 g/mol. The van der Waals surface area contributed by atoms with E-state index in [9.17, 15) is 0 Å². The summed E-state index contributed by atoms with van der Waals surface area (Å²) in [6.45, 7) is 1.86. The molecule has 2 aromatic rings. The zero-order valence-electron chi connectivity index (χ0n) is 13.3. The Hall–Kier alpha value is 0.679. The van der Waals surface area contributed by atoms with Gasteiger partial charge in [0.15, 0.2) is 0 Å². The Morgan fingerprint density at radius 2 is 1.61 bits per heavy atom. The molecule has 18 heavy (non-hydrogen) atoms. The van der Waals surface area contributed by atoms with E-state index in [1.807, 2.05) is 19.1 Å². The molecule has 1 radical (unpaired) electrons. The standard InChI is InChI=1S/C11H11N2O2Se.2Na.2H/c1-6-12-8-5-10(15-3)9(14-2)4-7(8)11(16)13-6;;;;/h4-5H,1-3H3;;;;/q;2*+1;2*-1. The molecule has 0 aliphatic rings. The Balaban J connectivity index is -0.000000722. The van der Waals surface area contributed by atoms with Crippen molar-refractivity contribution in [1.29, 1.82) is 0 Å². The molecule has 0 spiro atoms. The number of aromatic nitrogens is 2. The fourth-order valence-corrected chi connectivity index (χ4v) is 2.16. The third-order valence-corrected chi connectivity index (χ3v) is 2.93. The molecule has 0 saturated carbocycles. The SMILES string of the molecule is COc1cc2nc(C)nc([Se])c2cc1OC.[H-].[H-].[Na+].[Na+]. The van der Waals surface area contributed by atoms with Crippen molar-refractivity contribution in [3.05, 3.63) is 18.0 Å². The molecule has 1 aromatic heterocycles. The molecule has 2 rings (SSSR count). The summed E-state index contributed by atoms with van der Waals surface area (Å²) in [7, 11) is 3.22. The molecule has 1 aromatic carbocycles. The Morgan fingerprint density at radius 3 is 2.17 bits per heavy atom. The van der Waals surface area contributed by atoms with Gasteiger partial charge in [0.1, 0.15) is 0 Å². The van der Waals surface area contributed by atoms with Crippen LogP contribution in [-0.2, 0) is 0 Å². The predicted molar refractivity (Wildman–Crippen MR) is 65.0 cm³/mol. The molecular formula is C11H13N2Na2O2Se. The first-order valence-electron chi connectivity index (χ1n) is 4.73. The minimum atomic E-state index is 0. The normalized spacial score (nSPS) is 9.28. The van der Waals surface area contributed by atoms with Crippen LogP contribution in [0.1, 0.15) is 8.68 Å². The maximum Gasteiger partial charge on any atom is 1.00 e. The number of methoxy groups -OCH3 is 2. The summed E-state index contributed by atoms with van der Waals surface area (Å²) < 4.78 is 11.3. The van der Waals surface area contributed by atoms with Gasteiger partial charge < -0.3 is 2.85 Å². The fourth-order valence-electron chi connectivity index (χ4n) is 1.54. The molecule has 7 heteroatoms. The second-order valence-electron chi connectivity index (χ2n) is 3.30. The molecule has 87 valence electrons. The zero-order chi connectivity index (χ0) is 11.7. The van der Waals surface area contributed by atoms with Crippen LogP contribution in [0.4, 0.5) is 0 Å². The van der Waals surface area contributed by atoms with E-state index in [0.717, 1.165) is 21.3 Å². The number of hydrogen-bond donors (Lipinski definition) is 0. The van der Waals surface area contributed by atoms with Gasteiger partial charge in [0.05, 0.1) is 0 Å². The van der Waals surface area contributed by atoms with E-state index in [2.05, 4.69) is 26.0 Å². The quantitative estimate of drug-likeness (QED) is 0.518. The Morgan fingerprint density at radius 1 is 1.06 bits per heavy atom. The summed E-state index contributed by atoms with van der Waals surface area (Å²) in [5, 5.41) is 0.934. The monoisotopic (exact) mass is 331 g/mol. The van der Waals surface area contributed by atoms with Crippen molar-refractivity contribution in [3.63, 3.8) is 0 Å². The summed E-state index contributed by atoms with van der Waals surface area (Å²) >= 11 is 2.93. The van der Waals surface area contributed by atoms with E-state index in [4.69, 9.17) is 9.47 Å². The van der Waals surface area contributed by atoms with Gasteiger partial charge >= 0.3 is 161 Å². The van der Waals surface area contributed by atoms with Crippen LogP contribution in [0.3, 0.4) is 0 Å². The van der Waals surface area contributed by atoms with Gasteiger partial charge in [-0.2, -0.15) is 0 Å². The molecule has 0 fully saturated rings. The summed E-state index contributed by atoms with van der Waals surface area (Å²) in [5.41, 5.74) is 0.846. The van der Waals surface area contributed by atoms with E-state index in [-0.39, 0.29) is 62.0 Å². The van der Waals surface area contributed by atoms with Gasteiger partial charge in [-0.15, -0.1) is 0 Å². The molecule has 0 bridgehead atoms. The number of fused-ring (bicyclic) bond motifs is 1. The van der Waals surface area contributed by atoms with E-state index in [1.165, 1.54) is 0 Å². The zero-order valence-corrected chi connectivity index (χ0v) is 17.0. The maximum atomic E-state index is 5.24. The van der Waals surface area contributed by atoms with E-state index >= 15 is 0 Å². The van der Waals surface area contributed by atoms with Gasteiger partial charge in [-0.3, -0.25) is 0 Å². The number of nitrogens with zero attached hydrogens (tertiary/aromatic N) is 2. The van der Waals surface area contributed by atoms with Crippen LogP contribution in [0.15, 0.2) is 12.1 Å². The van der Waals surface area contributed by atoms with Crippen molar-refractivity contribution in [3.8, 4) is 11.5 Å². The first-order chi connectivity index (χ1) is 7.65. The van der Waals surface area contributed by atoms with E-state index in [1.54, 1.807) is 14.2 Å². The number of aryl methyl sites for hydroxylation is 1. The topological polar surface area (TPSA) is 44.2 Å². The van der Waals surface area contributed by atoms with E-state index < -0.39 is 0 Å². The number of benzene rings is 1. The van der Waals surface area contributed by atoms with Gasteiger partial charge in [-0.25, -0.2) is 0 Å². The molecule has 4 nitrogen and oxygen atoms in total. The van der Waals surface area contributed by atoms with Crippen molar-refractivity contribution in [2.24, 2.45) is 0 Å². The van der Waals surface area contributed by atoms with Crippen molar-refractivity contribution >= 4 is 31.5 Å². The second-order valence-corrected chi connectivity index (χ2v) is 4.11. The van der Waals surface area contributed by atoms with Crippen molar-refractivity contribution in [2.45, 2.75) is 6.92 Å². The summed E-state index contributed by atoms with van der Waals surface area (Å²) in [6.07, 6.45) is 0. The van der Waals surface area contributed by atoms with Gasteiger partial charge in [0, 0.05) is 0 Å². The molecule has 0 aliphatic carbocycles. The van der Waals surface area contributed by atoms with Crippen LogP contribution in [0.25, 0.3) is 10.9 Å². The Kier molecular flexibility index (Phi) is 8.38. The Labute approximate surface area is 162 Å². The first kappa shape index (κ1) is 18.7. The van der Waals surface area contributed by atoms with Crippen LogP contribution in [0.5, 0.6) is 11.5 Å². The third kappa shape index (κ3) is 3.84. The number of hydrogen-bond acceptors (Lipinski definition) is 4. The minimum Gasteiger partial charge on any atom is -1.00 e. The van der Waals surface area contributed by atoms with Gasteiger partial charge in [0.25, 0.3) is 0 Å². The smallest absolute Gasteiger partial charge is 1.00 e. The summed E-state index contributed by atoms with van der Waals surface area (Å²) in [5.74, 6) is 2.08. The third-order valence-electron chi connectivity index (χ3n) is 2.28. The average Bonchev–Trinajstić information content (AvgIpc) is 2.27. The molecule has 0 unspecified atom stereocenters. The van der Waals surface area contributed by atoms with Crippen molar-refractivity contribution in [2.75, 3.05) is 14.2 Å². The molecule has 1 heterocycles. The molecule has 0 atom stereocenters. The average molecular weight is 330 g/mol. The van der Waals surface area contributed by atoms with Crippen LogP contribution in [0, 0.1) is 6.92 Å². The number of ether oxygens (including phenoxy) is 2. The minimum absolute atomic E-state index is 0. The summed E-state index contributed by atoms with van der Waals surface area (Å²) in [4.78, 5) is 8.62. The van der Waals surface area contributed by atoms with Crippen molar-refractivity contribution in [1.82, 2.24) is 9.97 Å². The molecule has 0 aliphatic heterocycles. The molecule has 0 saturated heterocycles. The first-order valence-corrected chi connectivity index (χ1v) is 5.58. The molecule has 0 amide bonds. The van der Waals surface area contributed by atoms with Gasteiger partial charge in [0.2, 0.25) is 0 Å². The van der Waals surface area contributed by atoms with Crippen LogP contribution >= 0.6 is 0 Å². The largest absolute Gasteiger partial charge is 1.00 e. The maximum absolute atomic E-state index is 5.24. The molecule has 0 N–H and O–H groups in total. The number of rotatable bonds is 2. The Bertz CT molecular complexity index is 561. The fraction of sp³-hybridized carbons (Fsp3) is 0.273. The summed E-state index contributed by atoms with van der Waals surface area (Å²) in [6, 6.07) is 3.73. The van der Waals surface area contributed by atoms with Crippen LogP contribution < -0.4 is 73.2 Å². The van der Waals surface area contributed by atoms with Crippen molar-refractivity contribution < 1.29 is 71.4 Å². The predicted octanol–water partition coefficient (Wildman–Crippen LogP) is -5.02. The second kappa shape index (κ2) is 8.08. The van der Waals surface area contributed by atoms with E-state index in [0.29, 0.717) is 11.5 Å². The van der Waals surface area contributed by atoms with Crippen LogP contribution in [-0.4, -0.2) is 40.2 Å². The van der Waals surface area contributed by atoms with Gasteiger partial charge in [-0.05, 0) is 0 Å². The van der Waals surface area contributed by atoms with Crippen LogP contribution in [0.2, 0.25) is 0 Å². The van der Waals surface area contributed by atoms with Gasteiger partial charge in [-0.1, -0.05) is 0 Å².